The molecule has 0 amide bonds. The monoisotopic (exact) mass is 341 g/mol. The standard InChI is InChI=1S/C21H31N3O/c1-16(25)13-23(2)14-20-15-24(3)22-21(20)19-11-9-18(10-12-19)17-7-5-4-6-8-17/h9-12,15-17,25H,4-8,13-14H2,1-3H3. The lowest BCUT2D eigenvalue weighted by Crippen LogP contribution is -2.26. The summed E-state index contributed by atoms with van der Waals surface area (Å²) < 4.78 is 1.88. The van der Waals surface area contributed by atoms with Gasteiger partial charge in [0.15, 0.2) is 0 Å². The van der Waals surface area contributed by atoms with Crippen LogP contribution in [-0.2, 0) is 13.6 Å². The summed E-state index contributed by atoms with van der Waals surface area (Å²) in [6, 6.07) is 9.04. The highest BCUT2D eigenvalue weighted by molar-refractivity contribution is 5.63. The summed E-state index contributed by atoms with van der Waals surface area (Å²) in [5, 5.41) is 14.3. The molecule has 0 bridgehead atoms. The van der Waals surface area contributed by atoms with Gasteiger partial charge in [-0.1, -0.05) is 43.5 Å². The first kappa shape index (κ1) is 18.2. The predicted octanol–water partition coefficient (Wildman–Crippen LogP) is 3.95. The second kappa shape index (κ2) is 8.15. The lowest BCUT2D eigenvalue weighted by atomic mass is 9.84. The Morgan fingerprint density at radius 1 is 1.20 bits per heavy atom. The van der Waals surface area contributed by atoms with Gasteiger partial charge in [-0.2, -0.15) is 5.10 Å². The van der Waals surface area contributed by atoms with Crippen LogP contribution >= 0.6 is 0 Å². The topological polar surface area (TPSA) is 41.3 Å². The van der Waals surface area contributed by atoms with Crippen molar-refractivity contribution < 1.29 is 5.11 Å². The lowest BCUT2D eigenvalue weighted by molar-refractivity contribution is 0.138. The Labute approximate surface area is 151 Å². The fraction of sp³-hybridized carbons (Fsp3) is 0.571. The maximum atomic E-state index is 9.58. The van der Waals surface area contributed by atoms with E-state index in [0.717, 1.165) is 18.2 Å². The van der Waals surface area contributed by atoms with Gasteiger partial charge in [-0.3, -0.25) is 9.58 Å². The smallest absolute Gasteiger partial charge is 0.0968 e. The van der Waals surface area contributed by atoms with Gasteiger partial charge in [0.25, 0.3) is 0 Å². The largest absolute Gasteiger partial charge is 0.392 e. The fourth-order valence-electron chi connectivity index (χ4n) is 4.05. The number of aliphatic hydroxyl groups is 1. The van der Waals surface area contributed by atoms with Gasteiger partial charge < -0.3 is 5.11 Å². The highest BCUT2D eigenvalue weighted by atomic mass is 16.3. The van der Waals surface area contributed by atoms with Crippen molar-refractivity contribution in [2.24, 2.45) is 7.05 Å². The van der Waals surface area contributed by atoms with Crippen molar-refractivity contribution in [3.63, 3.8) is 0 Å². The zero-order valence-electron chi connectivity index (χ0n) is 15.8. The minimum Gasteiger partial charge on any atom is -0.392 e. The summed E-state index contributed by atoms with van der Waals surface area (Å²) in [6.07, 6.45) is 8.56. The van der Waals surface area contributed by atoms with E-state index in [9.17, 15) is 5.11 Å². The van der Waals surface area contributed by atoms with E-state index in [2.05, 4.69) is 40.5 Å². The number of aliphatic hydroxyl groups excluding tert-OH is 1. The predicted molar refractivity (Wildman–Crippen MR) is 102 cm³/mol. The molecular formula is C21H31N3O. The highest BCUT2D eigenvalue weighted by Gasteiger charge is 2.17. The second-order valence-electron chi connectivity index (χ2n) is 7.68. The van der Waals surface area contributed by atoms with Gasteiger partial charge >= 0.3 is 0 Å². The number of likely N-dealkylation sites (N-methyl/N-ethyl adjacent to an activating group) is 1. The Balaban J connectivity index is 1.77. The summed E-state index contributed by atoms with van der Waals surface area (Å²) in [5.41, 5.74) is 4.92. The van der Waals surface area contributed by atoms with E-state index in [4.69, 9.17) is 0 Å². The van der Waals surface area contributed by atoms with Crippen LogP contribution in [0.25, 0.3) is 11.3 Å². The Morgan fingerprint density at radius 3 is 2.52 bits per heavy atom. The molecule has 1 aromatic heterocycles. The first-order valence-corrected chi connectivity index (χ1v) is 9.52. The highest BCUT2D eigenvalue weighted by Crippen LogP contribution is 2.33. The molecule has 136 valence electrons. The maximum Gasteiger partial charge on any atom is 0.0968 e. The zero-order chi connectivity index (χ0) is 17.8. The number of benzene rings is 1. The number of rotatable bonds is 6. The van der Waals surface area contributed by atoms with Crippen LogP contribution in [0.3, 0.4) is 0 Å². The van der Waals surface area contributed by atoms with Crippen molar-refractivity contribution in [1.29, 1.82) is 0 Å². The number of aromatic nitrogens is 2. The van der Waals surface area contributed by atoms with Crippen LogP contribution in [0.4, 0.5) is 0 Å². The normalized spacial score (nSPS) is 17.2. The zero-order valence-corrected chi connectivity index (χ0v) is 15.8. The third-order valence-electron chi connectivity index (χ3n) is 5.18. The van der Waals surface area contributed by atoms with Crippen LogP contribution in [0, 0.1) is 0 Å². The molecule has 1 aromatic carbocycles. The molecule has 0 spiro atoms. The lowest BCUT2D eigenvalue weighted by Gasteiger charge is -2.22. The molecule has 1 heterocycles. The van der Waals surface area contributed by atoms with E-state index in [1.54, 1.807) is 0 Å². The molecule has 1 saturated carbocycles. The quantitative estimate of drug-likeness (QED) is 0.865. The van der Waals surface area contributed by atoms with E-state index >= 15 is 0 Å². The van der Waals surface area contributed by atoms with Crippen molar-refractivity contribution in [2.45, 2.75) is 57.6 Å². The molecule has 0 aliphatic heterocycles. The van der Waals surface area contributed by atoms with E-state index in [1.165, 1.54) is 48.8 Å². The van der Waals surface area contributed by atoms with Crippen LogP contribution in [-0.4, -0.2) is 39.5 Å². The number of nitrogens with zero attached hydrogens (tertiary/aromatic N) is 3. The fourth-order valence-corrected chi connectivity index (χ4v) is 4.05. The average Bonchev–Trinajstić information content (AvgIpc) is 2.95. The number of hydrogen-bond acceptors (Lipinski definition) is 3. The van der Waals surface area contributed by atoms with Gasteiger partial charge in [-0.15, -0.1) is 0 Å². The molecule has 2 aromatic rings. The minimum atomic E-state index is -0.320. The van der Waals surface area contributed by atoms with Gasteiger partial charge in [0.05, 0.1) is 11.8 Å². The molecule has 1 unspecified atom stereocenters. The summed E-state index contributed by atoms with van der Waals surface area (Å²) in [7, 11) is 4.01. The molecule has 4 nitrogen and oxygen atoms in total. The van der Waals surface area contributed by atoms with Crippen LogP contribution in [0.15, 0.2) is 30.5 Å². The third kappa shape index (κ3) is 4.71. The molecule has 1 N–H and O–H groups in total. The molecule has 4 heteroatoms. The van der Waals surface area contributed by atoms with Gasteiger partial charge in [0.1, 0.15) is 0 Å². The Kier molecular flexibility index (Phi) is 5.92. The van der Waals surface area contributed by atoms with E-state index in [-0.39, 0.29) is 6.10 Å². The molecule has 1 aliphatic rings. The van der Waals surface area contributed by atoms with Crippen LogP contribution in [0.5, 0.6) is 0 Å². The van der Waals surface area contributed by atoms with Gasteiger partial charge in [0, 0.05) is 37.5 Å². The summed E-state index contributed by atoms with van der Waals surface area (Å²) >= 11 is 0. The van der Waals surface area contributed by atoms with Crippen molar-refractivity contribution >= 4 is 0 Å². The molecular weight excluding hydrogens is 310 g/mol. The van der Waals surface area contributed by atoms with Crippen LogP contribution in [0.2, 0.25) is 0 Å². The average molecular weight is 341 g/mol. The molecule has 1 fully saturated rings. The van der Waals surface area contributed by atoms with E-state index in [0.29, 0.717) is 6.54 Å². The molecule has 1 aliphatic carbocycles. The number of hydrogen-bond donors (Lipinski definition) is 1. The van der Waals surface area contributed by atoms with E-state index < -0.39 is 0 Å². The maximum absolute atomic E-state index is 9.58. The summed E-state index contributed by atoms with van der Waals surface area (Å²) in [6.45, 7) is 3.28. The Bertz CT molecular complexity index is 669. The van der Waals surface area contributed by atoms with Crippen molar-refractivity contribution in [3.05, 3.63) is 41.6 Å². The molecule has 3 rings (SSSR count). The van der Waals surface area contributed by atoms with Gasteiger partial charge in [-0.25, -0.2) is 0 Å². The van der Waals surface area contributed by atoms with Gasteiger partial charge in [-0.05, 0) is 38.3 Å². The first-order valence-electron chi connectivity index (χ1n) is 9.52. The van der Waals surface area contributed by atoms with E-state index in [1.807, 2.05) is 25.7 Å². The summed E-state index contributed by atoms with van der Waals surface area (Å²) in [5.74, 6) is 0.739. The first-order chi connectivity index (χ1) is 12.0. The van der Waals surface area contributed by atoms with Crippen molar-refractivity contribution in [1.82, 2.24) is 14.7 Å². The Morgan fingerprint density at radius 2 is 1.88 bits per heavy atom. The van der Waals surface area contributed by atoms with Crippen molar-refractivity contribution in [2.75, 3.05) is 13.6 Å². The third-order valence-corrected chi connectivity index (χ3v) is 5.18. The second-order valence-corrected chi connectivity index (χ2v) is 7.68. The van der Waals surface area contributed by atoms with Gasteiger partial charge in [0.2, 0.25) is 0 Å². The number of aryl methyl sites for hydroxylation is 1. The SMILES string of the molecule is CC(O)CN(C)Cc1cn(C)nc1-c1ccc(C2CCCCC2)cc1. The molecule has 1 atom stereocenters. The molecule has 25 heavy (non-hydrogen) atoms. The van der Waals surface area contributed by atoms with Crippen LogP contribution < -0.4 is 0 Å². The van der Waals surface area contributed by atoms with Crippen LogP contribution in [0.1, 0.15) is 56.1 Å². The Hall–Kier alpha value is -1.65. The molecule has 0 saturated heterocycles. The molecule has 0 radical (unpaired) electrons. The minimum absolute atomic E-state index is 0.320. The summed E-state index contributed by atoms with van der Waals surface area (Å²) in [4.78, 5) is 2.14. The van der Waals surface area contributed by atoms with Crippen molar-refractivity contribution in [3.8, 4) is 11.3 Å².